The number of hydrogen-bond acceptors (Lipinski definition) is 9. The summed E-state index contributed by atoms with van der Waals surface area (Å²) in [7, 11) is 0. The van der Waals surface area contributed by atoms with E-state index in [0.717, 1.165) is 38.5 Å². The van der Waals surface area contributed by atoms with Crippen molar-refractivity contribution in [2.45, 2.75) is 123 Å². The Kier molecular flexibility index (Phi) is 17.3. The highest BCUT2D eigenvalue weighted by atomic mass is 16.5. The van der Waals surface area contributed by atoms with Gasteiger partial charge in [-0.05, 0) is 44.4 Å². The van der Waals surface area contributed by atoms with E-state index >= 15 is 0 Å². The van der Waals surface area contributed by atoms with Crippen molar-refractivity contribution in [3.05, 3.63) is 28.8 Å². The largest absolute Gasteiger partial charge is 0.465 e. The summed E-state index contributed by atoms with van der Waals surface area (Å²) in [6, 6.07) is -0.686. The van der Waals surface area contributed by atoms with Crippen LogP contribution in [-0.4, -0.2) is 50.7 Å². The summed E-state index contributed by atoms with van der Waals surface area (Å²) < 4.78 is 12.8. The van der Waals surface area contributed by atoms with Crippen LogP contribution >= 0.6 is 0 Å². The summed E-state index contributed by atoms with van der Waals surface area (Å²) >= 11 is 0. The van der Waals surface area contributed by atoms with Crippen LogP contribution in [0.5, 0.6) is 0 Å². The van der Waals surface area contributed by atoms with Crippen LogP contribution in [0.3, 0.4) is 0 Å². The number of allylic oxidation sites excluding steroid dienone is 2. The Labute approximate surface area is 256 Å². The standard InChI is InChI=1S/C32H54N6O5/c1-4-6-7-8-9-10-11-12-13-14-15-16-17-18-26(39)43-22-25(19-20-42-31(41)27(33)24(3)5-2)21-38-23-35-28-29(38)36-32(34)37-30(28)40/h10-11,23-25,27H,4-9,12-22,33H2,1-3H3,(H3,34,36,37,40)/t24-,25+,27-/m0/s1. The molecule has 0 spiro atoms. The highest BCUT2D eigenvalue weighted by Gasteiger charge is 2.22. The molecule has 0 radical (unpaired) electrons. The van der Waals surface area contributed by atoms with Gasteiger partial charge in [0.2, 0.25) is 5.95 Å². The Morgan fingerprint density at radius 2 is 1.70 bits per heavy atom. The van der Waals surface area contributed by atoms with Crippen molar-refractivity contribution in [1.29, 1.82) is 0 Å². The van der Waals surface area contributed by atoms with E-state index in [-0.39, 0.29) is 42.5 Å². The minimum atomic E-state index is -0.686. The molecular weight excluding hydrogens is 548 g/mol. The topological polar surface area (TPSA) is 168 Å². The number of anilines is 1. The van der Waals surface area contributed by atoms with Crippen molar-refractivity contribution in [3.63, 3.8) is 0 Å². The average Bonchev–Trinajstić information content (AvgIpc) is 3.39. The molecule has 0 saturated carbocycles. The van der Waals surface area contributed by atoms with Crippen molar-refractivity contribution < 1.29 is 19.1 Å². The molecule has 0 fully saturated rings. The van der Waals surface area contributed by atoms with Crippen LogP contribution in [-0.2, 0) is 25.6 Å². The fraction of sp³-hybridized carbons (Fsp3) is 0.719. The van der Waals surface area contributed by atoms with E-state index in [1.54, 1.807) is 4.57 Å². The van der Waals surface area contributed by atoms with Crippen molar-refractivity contribution >= 4 is 29.1 Å². The molecule has 0 amide bonds. The van der Waals surface area contributed by atoms with Gasteiger partial charge in [-0.1, -0.05) is 77.9 Å². The number of H-pyrrole nitrogens is 1. The second-order valence-corrected chi connectivity index (χ2v) is 11.6. The molecule has 3 atom stereocenters. The number of carbonyl (C=O) groups is 2. The SMILES string of the molecule is CCCCCCC=CCCCCCCCC(=O)OC[C@H](CCOC(=O)[C@@H](N)[C@@H](C)CC)Cn1cnc2c(=O)[nH]c(N)nc21. The van der Waals surface area contributed by atoms with Crippen LogP contribution in [0.1, 0.15) is 111 Å². The number of nitrogens with one attached hydrogen (secondary N) is 1. The lowest BCUT2D eigenvalue weighted by molar-refractivity contribution is -0.149. The van der Waals surface area contributed by atoms with E-state index in [1.165, 1.54) is 44.9 Å². The number of nitrogens with two attached hydrogens (primary N) is 2. The fourth-order valence-corrected chi connectivity index (χ4v) is 4.79. The van der Waals surface area contributed by atoms with Gasteiger partial charge in [-0.25, -0.2) is 4.98 Å². The Morgan fingerprint density at radius 1 is 1.02 bits per heavy atom. The Hall–Kier alpha value is -3.21. The van der Waals surface area contributed by atoms with E-state index in [1.807, 2.05) is 13.8 Å². The van der Waals surface area contributed by atoms with Gasteiger partial charge in [-0.2, -0.15) is 4.98 Å². The molecule has 0 bridgehead atoms. The normalized spacial score (nSPS) is 13.8. The minimum Gasteiger partial charge on any atom is -0.465 e. The molecule has 5 N–H and O–H groups in total. The number of ether oxygens (including phenoxy) is 2. The van der Waals surface area contributed by atoms with Crippen molar-refractivity contribution in [2.75, 3.05) is 18.9 Å². The molecule has 242 valence electrons. The van der Waals surface area contributed by atoms with Crippen LogP contribution in [0.15, 0.2) is 23.3 Å². The maximum Gasteiger partial charge on any atom is 0.323 e. The predicted octanol–water partition coefficient (Wildman–Crippen LogP) is 5.43. The maximum atomic E-state index is 12.5. The van der Waals surface area contributed by atoms with Gasteiger partial charge in [0.05, 0.1) is 19.5 Å². The van der Waals surface area contributed by atoms with Gasteiger partial charge in [0, 0.05) is 18.9 Å². The smallest absolute Gasteiger partial charge is 0.323 e. The molecule has 0 aliphatic rings. The molecule has 11 heteroatoms. The quantitative estimate of drug-likeness (QED) is 0.0853. The number of unbranched alkanes of at least 4 members (excludes halogenated alkanes) is 9. The molecule has 2 rings (SSSR count). The van der Waals surface area contributed by atoms with Gasteiger partial charge >= 0.3 is 11.9 Å². The zero-order valence-electron chi connectivity index (χ0n) is 26.5. The fourth-order valence-electron chi connectivity index (χ4n) is 4.79. The number of esters is 2. The molecule has 2 aromatic rings. The number of aromatic amines is 1. The van der Waals surface area contributed by atoms with E-state index in [0.29, 0.717) is 25.0 Å². The van der Waals surface area contributed by atoms with Crippen molar-refractivity contribution in [1.82, 2.24) is 19.5 Å². The van der Waals surface area contributed by atoms with Gasteiger partial charge < -0.3 is 25.5 Å². The van der Waals surface area contributed by atoms with Gasteiger partial charge in [0.1, 0.15) is 6.04 Å². The van der Waals surface area contributed by atoms with Crippen LogP contribution in [0, 0.1) is 11.8 Å². The molecule has 0 aromatic carbocycles. The maximum absolute atomic E-state index is 12.5. The lowest BCUT2D eigenvalue weighted by Gasteiger charge is -2.20. The molecule has 2 heterocycles. The summed E-state index contributed by atoms with van der Waals surface area (Å²) in [5.74, 6) is -0.905. The lowest BCUT2D eigenvalue weighted by Crippen LogP contribution is -2.38. The molecule has 2 aromatic heterocycles. The highest BCUT2D eigenvalue weighted by molar-refractivity contribution is 5.75. The summed E-state index contributed by atoms with van der Waals surface area (Å²) in [4.78, 5) is 47.8. The summed E-state index contributed by atoms with van der Waals surface area (Å²) in [6.07, 6.45) is 20.4. The Morgan fingerprint density at radius 3 is 2.40 bits per heavy atom. The number of rotatable bonds is 23. The zero-order chi connectivity index (χ0) is 31.5. The molecule has 0 aliphatic carbocycles. The van der Waals surface area contributed by atoms with Crippen LogP contribution < -0.4 is 17.0 Å². The average molecular weight is 603 g/mol. The van der Waals surface area contributed by atoms with Crippen LogP contribution in [0.2, 0.25) is 0 Å². The van der Waals surface area contributed by atoms with E-state index in [4.69, 9.17) is 20.9 Å². The number of carbonyl (C=O) groups excluding carboxylic acids is 2. The number of nitrogens with zero attached hydrogens (tertiary/aromatic N) is 3. The first-order valence-electron chi connectivity index (χ1n) is 16.2. The first kappa shape index (κ1) is 36.0. The highest BCUT2D eigenvalue weighted by Crippen LogP contribution is 2.16. The Balaban J connectivity index is 1.78. The number of imidazole rings is 1. The van der Waals surface area contributed by atoms with Crippen molar-refractivity contribution in [2.24, 2.45) is 17.6 Å². The molecular formula is C32H54N6O5. The second kappa shape index (κ2) is 20.7. The van der Waals surface area contributed by atoms with E-state index in [9.17, 15) is 14.4 Å². The number of fused-ring (bicyclic) bond motifs is 1. The predicted molar refractivity (Wildman–Crippen MR) is 170 cm³/mol. The van der Waals surface area contributed by atoms with Gasteiger partial charge in [-0.15, -0.1) is 0 Å². The first-order valence-corrected chi connectivity index (χ1v) is 16.2. The molecule has 43 heavy (non-hydrogen) atoms. The molecule has 0 saturated heterocycles. The molecule has 0 aliphatic heterocycles. The Bertz CT molecular complexity index is 1180. The van der Waals surface area contributed by atoms with Crippen LogP contribution in [0.25, 0.3) is 11.2 Å². The zero-order valence-corrected chi connectivity index (χ0v) is 26.5. The summed E-state index contributed by atoms with van der Waals surface area (Å²) in [6.45, 7) is 6.73. The summed E-state index contributed by atoms with van der Waals surface area (Å²) in [5.41, 5.74) is 11.8. The van der Waals surface area contributed by atoms with Gasteiger partial charge in [-0.3, -0.25) is 19.4 Å². The molecule has 11 nitrogen and oxygen atoms in total. The minimum absolute atomic E-state index is 0.00976. The lowest BCUT2D eigenvalue weighted by atomic mass is 10.0. The first-order chi connectivity index (χ1) is 20.8. The molecule has 0 unspecified atom stereocenters. The third-order valence-electron chi connectivity index (χ3n) is 7.87. The van der Waals surface area contributed by atoms with E-state index < -0.39 is 17.6 Å². The third kappa shape index (κ3) is 13.8. The second-order valence-electron chi connectivity index (χ2n) is 11.6. The number of hydrogen-bond donors (Lipinski definition) is 3. The van der Waals surface area contributed by atoms with Crippen molar-refractivity contribution in [3.8, 4) is 0 Å². The number of aromatic nitrogens is 4. The van der Waals surface area contributed by atoms with Gasteiger partial charge in [0.25, 0.3) is 5.56 Å². The third-order valence-corrected chi connectivity index (χ3v) is 7.87. The van der Waals surface area contributed by atoms with E-state index in [2.05, 4.69) is 34.0 Å². The number of nitrogen functional groups attached to an aromatic ring is 1. The monoisotopic (exact) mass is 602 g/mol. The van der Waals surface area contributed by atoms with Crippen LogP contribution in [0.4, 0.5) is 5.95 Å². The van der Waals surface area contributed by atoms with Gasteiger partial charge in [0.15, 0.2) is 11.2 Å². The summed E-state index contributed by atoms with van der Waals surface area (Å²) in [5, 5.41) is 0.